The van der Waals surface area contributed by atoms with Crippen LogP contribution in [0.4, 0.5) is 0 Å². The van der Waals surface area contributed by atoms with Crippen LogP contribution in [0.3, 0.4) is 0 Å². The average Bonchev–Trinajstić information content (AvgIpc) is 2.56. The highest BCUT2D eigenvalue weighted by Gasteiger charge is 2.20. The smallest absolute Gasteiger partial charge is 0.305 e. The summed E-state index contributed by atoms with van der Waals surface area (Å²) in [6.07, 6.45) is 3.25. The summed E-state index contributed by atoms with van der Waals surface area (Å²) in [6, 6.07) is 0. The topological polar surface area (TPSA) is 74.2 Å². The molecule has 1 amide bonds. The monoisotopic (exact) mass is 326 g/mol. The lowest BCUT2D eigenvalue weighted by atomic mass is 10.2. The van der Waals surface area contributed by atoms with Gasteiger partial charge in [-0.15, -0.1) is 0 Å². The van der Waals surface area contributed by atoms with Gasteiger partial charge in [0.2, 0.25) is 5.91 Å². The van der Waals surface area contributed by atoms with Gasteiger partial charge in [0.1, 0.15) is 0 Å². The highest BCUT2D eigenvalue weighted by molar-refractivity contribution is 5.80. The van der Waals surface area contributed by atoms with E-state index in [-0.39, 0.29) is 11.9 Å². The molecule has 0 aliphatic carbocycles. The van der Waals surface area contributed by atoms with Crippen LogP contribution in [0.15, 0.2) is 4.99 Å². The predicted molar refractivity (Wildman–Crippen MR) is 90.3 cm³/mol. The van der Waals surface area contributed by atoms with E-state index in [1.165, 1.54) is 7.11 Å². The number of hydrogen-bond donors (Lipinski definition) is 1. The number of carbonyl (C=O) groups excluding carboxylic acids is 2. The molecule has 1 saturated heterocycles. The van der Waals surface area contributed by atoms with Crippen molar-refractivity contribution < 1.29 is 14.3 Å². The maximum absolute atomic E-state index is 11.4. The van der Waals surface area contributed by atoms with E-state index in [1.807, 2.05) is 4.90 Å². The molecule has 7 nitrogen and oxygen atoms in total. The summed E-state index contributed by atoms with van der Waals surface area (Å²) < 4.78 is 4.62. The van der Waals surface area contributed by atoms with Crippen LogP contribution >= 0.6 is 0 Å². The minimum absolute atomic E-state index is 0.136. The Hall–Kier alpha value is -1.79. The molecule has 0 aromatic heterocycles. The molecule has 0 aromatic carbocycles. The van der Waals surface area contributed by atoms with E-state index in [9.17, 15) is 9.59 Å². The molecule has 0 radical (unpaired) electrons. The van der Waals surface area contributed by atoms with Crippen molar-refractivity contribution in [3.05, 3.63) is 0 Å². The van der Waals surface area contributed by atoms with Crippen LogP contribution in [0, 0.1) is 0 Å². The lowest BCUT2D eigenvalue weighted by Gasteiger charge is -2.36. The second-order valence-electron chi connectivity index (χ2n) is 5.62. The highest BCUT2D eigenvalue weighted by Crippen LogP contribution is 2.04. The Morgan fingerprint density at radius 2 is 1.74 bits per heavy atom. The fraction of sp³-hybridized carbons (Fsp3) is 0.812. The summed E-state index contributed by atoms with van der Waals surface area (Å²) in [5.74, 6) is 0.908. The van der Waals surface area contributed by atoms with Crippen molar-refractivity contribution >= 4 is 17.8 Å². The largest absolute Gasteiger partial charge is 0.469 e. The summed E-state index contributed by atoms with van der Waals surface area (Å²) in [7, 11) is 1.42. The number of guanidine groups is 1. The second-order valence-corrected chi connectivity index (χ2v) is 5.62. The van der Waals surface area contributed by atoms with Crippen molar-refractivity contribution in [3.63, 3.8) is 0 Å². The third kappa shape index (κ3) is 7.34. The normalized spacial score (nSPS) is 15.5. The number of unbranched alkanes of at least 4 members (excludes halogenated alkanes) is 2. The first kappa shape index (κ1) is 19.3. The molecule has 0 spiro atoms. The van der Waals surface area contributed by atoms with Crippen molar-refractivity contribution in [2.45, 2.75) is 39.5 Å². The Morgan fingerprint density at radius 3 is 2.30 bits per heavy atom. The lowest BCUT2D eigenvalue weighted by Crippen LogP contribution is -2.53. The molecule has 1 fully saturated rings. The summed E-state index contributed by atoms with van der Waals surface area (Å²) in [6.45, 7) is 8.37. The average molecular weight is 326 g/mol. The number of amides is 1. The van der Waals surface area contributed by atoms with Crippen LogP contribution in [0.25, 0.3) is 0 Å². The third-order valence-electron chi connectivity index (χ3n) is 3.89. The number of hydrogen-bond acceptors (Lipinski definition) is 4. The van der Waals surface area contributed by atoms with Crippen LogP contribution in [0.2, 0.25) is 0 Å². The van der Waals surface area contributed by atoms with Crippen LogP contribution < -0.4 is 5.32 Å². The Kier molecular flexibility index (Phi) is 9.09. The van der Waals surface area contributed by atoms with Crippen molar-refractivity contribution in [3.8, 4) is 0 Å². The summed E-state index contributed by atoms with van der Waals surface area (Å²) in [5.41, 5.74) is 0. The molecule has 0 saturated carbocycles. The Balaban J connectivity index is 2.33. The van der Waals surface area contributed by atoms with Gasteiger partial charge in [0, 0.05) is 52.6 Å². The lowest BCUT2D eigenvalue weighted by molar-refractivity contribution is -0.140. The number of ether oxygens (including phenoxy) is 1. The van der Waals surface area contributed by atoms with Crippen molar-refractivity contribution in [2.75, 3.05) is 46.4 Å². The van der Waals surface area contributed by atoms with Gasteiger partial charge < -0.3 is 19.9 Å². The first-order valence-electron chi connectivity index (χ1n) is 8.44. The minimum atomic E-state index is -0.148. The highest BCUT2D eigenvalue weighted by atomic mass is 16.5. The molecule has 132 valence electrons. The van der Waals surface area contributed by atoms with Gasteiger partial charge in [0.05, 0.1) is 7.11 Å². The first-order chi connectivity index (χ1) is 11.1. The number of methoxy groups -OCH3 is 1. The molecular weight excluding hydrogens is 296 g/mol. The maximum Gasteiger partial charge on any atom is 0.305 e. The standard InChI is InChI=1S/C16H30N4O3/c1-4-17-16(18-9-7-5-6-8-15(22)23-3)20-12-10-19(11-13-20)14(2)21/h4-13H2,1-3H3,(H,17,18). The molecule has 0 atom stereocenters. The van der Waals surface area contributed by atoms with Crippen LogP contribution in [0.5, 0.6) is 0 Å². The Bertz CT molecular complexity index is 404. The van der Waals surface area contributed by atoms with Gasteiger partial charge in [-0.2, -0.15) is 0 Å². The van der Waals surface area contributed by atoms with Gasteiger partial charge in [-0.05, 0) is 19.8 Å². The molecule has 1 N–H and O–H groups in total. The molecule has 1 aliphatic heterocycles. The number of aliphatic imine (C=N–C) groups is 1. The van der Waals surface area contributed by atoms with E-state index in [2.05, 4.69) is 26.9 Å². The maximum atomic E-state index is 11.4. The molecule has 1 rings (SSSR count). The van der Waals surface area contributed by atoms with Gasteiger partial charge >= 0.3 is 5.97 Å². The van der Waals surface area contributed by atoms with E-state index in [0.29, 0.717) is 6.42 Å². The molecule has 7 heteroatoms. The number of piperazine rings is 1. The fourth-order valence-electron chi connectivity index (χ4n) is 2.50. The van der Waals surface area contributed by atoms with Crippen molar-refractivity contribution in [2.24, 2.45) is 4.99 Å². The van der Waals surface area contributed by atoms with E-state index in [1.54, 1.807) is 6.92 Å². The molecule has 0 aromatic rings. The fourth-order valence-corrected chi connectivity index (χ4v) is 2.50. The van der Waals surface area contributed by atoms with Gasteiger partial charge in [-0.1, -0.05) is 6.42 Å². The number of esters is 1. The zero-order valence-corrected chi connectivity index (χ0v) is 14.6. The SMILES string of the molecule is CCNC(=NCCCCCC(=O)OC)N1CCN(C(C)=O)CC1. The number of nitrogens with zero attached hydrogens (tertiary/aromatic N) is 3. The molecular formula is C16H30N4O3. The summed E-state index contributed by atoms with van der Waals surface area (Å²) in [5, 5.41) is 3.31. The molecule has 0 unspecified atom stereocenters. The second kappa shape index (κ2) is 10.9. The van der Waals surface area contributed by atoms with E-state index in [0.717, 1.165) is 64.5 Å². The zero-order valence-electron chi connectivity index (χ0n) is 14.6. The van der Waals surface area contributed by atoms with Gasteiger partial charge in [0.15, 0.2) is 5.96 Å². The van der Waals surface area contributed by atoms with Crippen molar-refractivity contribution in [1.82, 2.24) is 15.1 Å². The summed E-state index contributed by atoms with van der Waals surface area (Å²) in [4.78, 5) is 31.1. The number of nitrogens with one attached hydrogen (secondary N) is 1. The van der Waals surface area contributed by atoms with Gasteiger partial charge in [0.25, 0.3) is 0 Å². The molecule has 1 heterocycles. The van der Waals surface area contributed by atoms with E-state index in [4.69, 9.17) is 0 Å². The number of carbonyl (C=O) groups is 2. The molecule has 0 bridgehead atoms. The molecule has 1 aliphatic rings. The van der Waals surface area contributed by atoms with Crippen LogP contribution in [-0.4, -0.2) is 74.0 Å². The Morgan fingerprint density at radius 1 is 1.09 bits per heavy atom. The van der Waals surface area contributed by atoms with Crippen LogP contribution in [-0.2, 0) is 14.3 Å². The first-order valence-corrected chi connectivity index (χ1v) is 8.44. The number of rotatable bonds is 7. The van der Waals surface area contributed by atoms with Gasteiger partial charge in [-0.3, -0.25) is 14.6 Å². The quantitative estimate of drug-likeness (QED) is 0.325. The Labute approximate surface area is 139 Å². The van der Waals surface area contributed by atoms with E-state index >= 15 is 0 Å². The van der Waals surface area contributed by atoms with Gasteiger partial charge in [-0.25, -0.2) is 0 Å². The van der Waals surface area contributed by atoms with Crippen molar-refractivity contribution in [1.29, 1.82) is 0 Å². The summed E-state index contributed by atoms with van der Waals surface area (Å²) >= 11 is 0. The third-order valence-corrected chi connectivity index (χ3v) is 3.89. The molecule has 23 heavy (non-hydrogen) atoms. The minimum Gasteiger partial charge on any atom is -0.469 e. The van der Waals surface area contributed by atoms with E-state index < -0.39 is 0 Å². The predicted octanol–water partition coefficient (Wildman–Crippen LogP) is 0.849. The van der Waals surface area contributed by atoms with Crippen LogP contribution in [0.1, 0.15) is 39.5 Å². The zero-order chi connectivity index (χ0) is 17.1.